The first kappa shape index (κ1) is 20.1. The number of hydrogen-bond acceptors (Lipinski definition) is 3. The fraction of sp³-hybridized carbons (Fsp3) is 0.130. The van der Waals surface area contributed by atoms with Crippen molar-refractivity contribution in [3.8, 4) is 0 Å². The van der Waals surface area contributed by atoms with E-state index in [1.54, 1.807) is 48.3 Å². The van der Waals surface area contributed by atoms with Gasteiger partial charge in [-0.1, -0.05) is 36.4 Å². The van der Waals surface area contributed by atoms with Gasteiger partial charge in [-0.2, -0.15) is 0 Å². The van der Waals surface area contributed by atoms with Crippen LogP contribution in [0.15, 0.2) is 78.9 Å². The predicted molar refractivity (Wildman–Crippen MR) is 112 cm³/mol. The predicted octanol–water partition coefficient (Wildman–Crippen LogP) is 4.15. The van der Waals surface area contributed by atoms with Crippen molar-refractivity contribution in [1.29, 1.82) is 0 Å². The van der Waals surface area contributed by atoms with Crippen molar-refractivity contribution in [3.63, 3.8) is 0 Å². The summed E-state index contributed by atoms with van der Waals surface area (Å²) >= 11 is 0. The zero-order valence-corrected chi connectivity index (χ0v) is 16.1. The summed E-state index contributed by atoms with van der Waals surface area (Å²) in [6, 6.07) is 22.3. The molecule has 3 aromatic carbocycles. The number of halogens is 1. The molecular formula is C23H22FN3O2. The first-order valence-corrected chi connectivity index (χ1v) is 9.20. The van der Waals surface area contributed by atoms with Gasteiger partial charge in [0.25, 0.3) is 5.91 Å². The first-order chi connectivity index (χ1) is 14.0. The monoisotopic (exact) mass is 391 g/mol. The largest absolute Gasteiger partial charge is 0.376 e. The highest BCUT2D eigenvalue weighted by atomic mass is 19.1. The Balaban J connectivity index is 1.57. The Labute approximate surface area is 169 Å². The van der Waals surface area contributed by atoms with Crippen LogP contribution in [0.3, 0.4) is 0 Å². The molecule has 0 saturated carbocycles. The van der Waals surface area contributed by atoms with Gasteiger partial charge in [0.15, 0.2) is 0 Å². The topological polar surface area (TPSA) is 61.4 Å². The minimum atomic E-state index is -0.335. The van der Waals surface area contributed by atoms with E-state index in [9.17, 15) is 14.0 Å². The highest BCUT2D eigenvalue weighted by molar-refractivity contribution is 5.98. The molecule has 0 spiro atoms. The van der Waals surface area contributed by atoms with Gasteiger partial charge < -0.3 is 15.5 Å². The van der Waals surface area contributed by atoms with E-state index in [1.807, 2.05) is 30.3 Å². The van der Waals surface area contributed by atoms with E-state index >= 15 is 0 Å². The highest BCUT2D eigenvalue weighted by Gasteiger charge is 2.13. The average Bonchev–Trinajstić information content (AvgIpc) is 2.73. The quantitative estimate of drug-likeness (QED) is 0.636. The van der Waals surface area contributed by atoms with Crippen LogP contribution in [0.2, 0.25) is 0 Å². The molecule has 0 unspecified atom stereocenters. The lowest BCUT2D eigenvalue weighted by Gasteiger charge is -2.18. The van der Waals surface area contributed by atoms with Crippen molar-refractivity contribution >= 4 is 23.2 Å². The van der Waals surface area contributed by atoms with Crippen LogP contribution in [0.4, 0.5) is 15.8 Å². The molecule has 0 aliphatic rings. The molecule has 0 aromatic heterocycles. The number of benzene rings is 3. The summed E-state index contributed by atoms with van der Waals surface area (Å²) in [5, 5.41) is 5.68. The van der Waals surface area contributed by atoms with Gasteiger partial charge in [-0.05, 0) is 48.0 Å². The van der Waals surface area contributed by atoms with Crippen molar-refractivity contribution < 1.29 is 14.0 Å². The Bertz CT molecular complexity index is 975. The molecule has 0 heterocycles. The van der Waals surface area contributed by atoms with Gasteiger partial charge in [-0.25, -0.2) is 4.39 Å². The van der Waals surface area contributed by atoms with Gasteiger partial charge in [0.2, 0.25) is 5.91 Å². The lowest BCUT2D eigenvalue weighted by Crippen LogP contribution is -2.26. The fourth-order valence-corrected chi connectivity index (χ4v) is 2.83. The molecule has 0 fully saturated rings. The van der Waals surface area contributed by atoms with Gasteiger partial charge in [0.05, 0.1) is 6.54 Å². The third kappa shape index (κ3) is 5.90. The van der Waals surface area contributed by atoms with Crippen LogP contribution in [-0.4, -0.2) is 30.3 Å². The van der Waals surface area contributed by atoms with E-state index in [1.165, 1.54) is 12.1 Å². The molecule has 0 bridgehead atoms. The van der Waals surface area contributed by atoms with E-state index in [0.29, 0.717) is 23.5 Å². The summed E-state index contributed by atoms with van der Waals surface area (Å²) in [4.78, 5) is 26.5. The first-order valence-electron chi connectivity index (χ1n) is 9.20. The standard InChI is InChI=1S/C23H22FN3O2/c1-27(16-17-6-3-2-4-7-17)23(29)18-8-5-9-21(14-18)26-22(28)15-25-20-12-10-19(24)11-13-20/h2-14,25H,15-16H2,1H3,(H,26,28). The molecule has 3 rings (SSSR count). The van der Waals surface area contributed by atoms with Crippen LogP contribution in [0.25, 0.3) is 0 Å². The molecule has 0 saturated heterocycles. The summed E-state index contributed by atoms with van der Waals surface area (Å²) in [7, 11) is 1.74. The number of nitrogens with one attached hydrogen (secondary N) is 2. The second-order valence-corrected chi connectivity index (χ2v) is 6.64. The van der Waals surface area contributed by atoms with Crippen molar-refractivity contribution in [2.24, 2.45) is 0 Å². The second kappa shape index (κ2) is 9.50. The number of carbonyl (C=O) groups is 2. The van der Waals surface area contributed by atoms with Crippen molar-refractivity contribution in [1.82, 2.24) is 4.90 Å². The number of carbonyl (C=O) groups excluding carboxylic acids is 2. The molecule has 0 radical (unpaired) electrons. The van der Waals surface area contributed by atoms with Crippen molar-refractivity contribution in [3.05, 3.63) is 95.8 Å². The summed E-state index contributed by atoms with van der Waals surface area (Å²) in [6.45, 7) is 0.523. The number of hydrogen-bond donors (Lipinski definition) is 2. The summed E-state index contributed by atoms with van der Waals surface area (Å²) in [5.74, 6) is -0.732. The van der Waals surface area contributed by atoms with Gasteiger partial charge in [-0.3, -0.25) is 9.59 Å². The Hall–Kier alpha value is -3.67. The normalized spacial score (nSPS) is 10.3. The van der Waals surface area contributed by atoms with E-state index in [-0.39, 0.29) is 24.2 Å². The molecule has 3 aromatic rings. The zero-order chi connectivity index (χ0) is 20.6. The molecule has 148 valence electrons. The van der Waals surface area contributed by atoms with E-state index in [0.717, 1.165) is 5.56 Å². The maximum atomic E-state index is 12.9. The van der Waals surface area contributed by atoms with Crippen LogP contribution in [0, 0.1) is 5.82 Å². The van der Waals surface area contributed by atoms with Crippen molar-refractivity contribution in [2.75, 3.05) is 24.2 Å². The van der Waals surface area contributed by atoms with Gasteiger partial charge in [0.1, 0.15) is 5.82 Å². The Morgan fingerprint density at radius 3 is 2.34 bits per heavy atom. The summed E-state index contributed by atoms with van der Waals surface area (Å²) < 4.78 is 12.9. The van der Waals surface area contributed by atoms with Crippen LogP contribution in [-0.2, 0) is 11.3 Å². The Kier molecular flexibility index (Phi) is 6.58. The van der Waals surface area contributed by atoms with E-state index in [2.05, 4.69) is 10.6 Å². The minimum Gasteiger partial charge on any atom is -0.376 e. The molecule has 2 N–H and O–H groups in total. The third-order valence-electron chi connectivity index (χ3n) is 4.30. The Morgan fingerprint density at radius 2 is 1.62 bits per heavy atom. The molecule has 2 amide bonds. The summed E-state index contributed by atoms with van der Waals surface area (Å²) in [5.41, 5.74) is 2.72. The van der Waals surface area contributed by atoms with Crippen LogP contribution in [0.5, 0.6) is 0 Å². The van der Waals surface area contributed by atoms with Gasteiger partial charge in [-0.15, -0.1) is 0 Å². The smallest absolute Gasteiger partial charge is 0.253 e. The van der Waals surface area contributed by atoms with E-state index in [4.69, 9.17) is 0 Å². The minimum absolute atomic E-state index is 0.0255. The van der Waals surface area contributed by atoms with Gasteiger partial charge >= 0.3 is 0 Å². The number of amides is 2. The third-order valence-corrected chi connectivity index (χ3v) is 4.30. The molecule has 0 aliphatic heterocycles. The lowest BCUT2D eigenvalue weighted by atomic mass is 10.1. The highest BCUT2D eigenvalue weighted by Crippen LogP contribution is 2.14. The number of anilines is 2. The Morgan fingerprint density at radius 1 is 0.897 bits per heavy atom. The van der Waals surface area contributed by atoms with Crippen molar-refractivity contribution in [2.45, 2.75) is 6.54 Å². The lowest BCUT2D eigenvalue weighted by molar-refractivity contribution is -0.114. The van der Waals surface area contributed by atoms with Gasteiger partial charge in [0, 0.05) is 30.5 Å². The molecular weight excluding hydrogens is 369 g/mol. The fourth-order valence-electron chi connectivity index (χ4n) is 2.83. The second-order valence-electron chi connectivity index (χ2n) is 6.64. The molecule has 0 aliphatic carbocycles. The zero-order valence-electron chi connectivity index (χ0n) is 16.1. The summed E-state index contributed by atoms with van der Waals surface area (Å²) in [6.07, 6.45) is 0. The SMILES string of the molecule is CN(Cc1ccccc1)C(=O)c1cccc(NC(=O)CNc2ccc(F)cc2)c1. The average molecular weight is 391 g/mol. The van der Waals surface area contributed by atoms with Crippen LogP contribution in [0.1, 0.15) is 15.9 Å². The van der Waals surface area contributed by atoms with Crippen LogP contribution >= 0.6 is 0 Å². The molecule has 29 heavy (non-hydrogen) atoms. The van der Waals surface area contributed by atoms with E-state index < -0.39 is 0 Å². The maximum absolute atomic E-state index is 12.9. The molecule has 5 nitrogen and oxygen atoms in total. The molecule has 6 heteroatoms. The number of rotatable bonds is 7. The molecule has 0 atom stereocenters. The van der Waals surface area contributed by atoms with Crippen LogP contribution < -0.4 is 10.6 Å². The number of nitrogens with zero attached hydrogens (tertiary/aromatic N) is 1. The maximum Gasteiger partial charge on any atom is 0.253 e.